The van der Waals surface area contributed by atoms with Crippen LogP contribution < -0.4 is 16.0 Å². The van der Waals surface area contributed by atoms with Crippen molar-refractivity contribution in [2.75, 3.05) is 23.7 Å². The number of amides is 1. The Balaban J connectivity index is 1.12. The van der Waals surface area contributed by atoms with Crippen LogP contribution in [0.2, 0.25) is 0 Å². The minimum atomic E-state index is -0.123. The monoisotopic (exact) mass is 429 g/mol. The number of nitrogens with zero attached hydrogens (tertiary/aromatic N) is 5. The van der Waals surface area contributed by atoms with Gasteiger partial charge in [0.1, 0.15) is 11.6 Å². The average molecular weight is 430 g/mol. The molecule has 0 bridgehead atoms. The lowest BCUT2D eigenvalue weighted by molar-refractivity contribution is 0.0936. The lowest BCUT2D eigenvalue weighted by atomic mass is 10.1. The first-order chi connectivity index (χ1) is 15.5. The van der Waals surface area contributed by atoms with Crippen molar-refractivity contribution in [1.29, 1.82) is 0 Å². The van der Waals surface area contributed by atoms with Crippen molar-refractivity contribution >= 4 is 17.5 Å². The Morgan fingerprint density at radius 1 is 1.25 bits per heavy atom. The molecule has 8 heteroatoms. The van der Waals surface area contributed by atoms with Crippen LogP contribution in [-0.2, 0) is 13.0 Å². The number of piperidine rings is 1. The Morgan fingerprint density at radius 2 is 2.09 bits per heavy atom. The number of aromatic nitrogens is 4. The van der Waals surface area contributed by atoms with Gasteiger partial charge in [-0.15, -0.1) is 0 Å². The van der Waals surface area contributed by atoms with E-state index in [2.05, 4.69) is 33.3 Å². The third-order valence-electron chi connectivity index (χ3n) is 7.22. The van der Waals surface area contributed by atoms with E-state index in [0.29, 0.717) is 17.9 Å². The maximum atomic E-state index is 12.8. The summed E-state index contributed by atoms with van der Waals surface area (Å²) in [6, 6.07) is 4.08. The number of rotatable bonds is 5. The summed E-state index contributed by atoms with van der Waals surface area (Å²) in [5.41, 5.74) is 11.0. The Bertz CT molecular complexity index is 1190. The molecule has 3 aliphatic rings. The summed E-state index contributed by atoms with van der Waals surface area (Å²) >= 11 is 0. The number of pyridine rings is 2. The Kier molecular flexibility index (Phi) is 4.41. The third kappa shape index (κ3) is 3.39. The van der Waals surface area contributed by atoms with Gasteiger partial charge in [-0.05, 0) is 72.4 Å². The Labute approximate surface area is 186 Å². The van der Waals surface area contributed by atoms with Crippen molar-refractivity contribution in [3.05, 3.63) is 64.7 Å². The number of nitrogens with one attached hydrogen (secondary N) is 1. The van der Waals surface area contributed by atoms with Gasteiger partial charge in [-0.1, -0.05) is 0 Å². The topological polar surface area (TPSA) is 102 Å². The number of carbonyl (C=O) groups is 1. The Morgan fingerprint density at radius 3 is 2.91 bits per heavy atom. The number of fused-ring (bicyclic) bond motifs is 2. The molecule has 2 aliphatic carbocycles. The summed E-state index contributed by atoms with van der Waals surface area (Å²) in [6.07, 6.45) is 10.1. The number of nitrogens with two attached hydrogens (primary N) is 1. The summed E-state index contributed by atoms with van der Waals surface area (Å²) in [6.45, 7) is 4.99. The van der Waals surface area contributed by atoms with Gasteiger partial charge < -0.3 is 16.0 Å². The fraction of sp³-hybridized carbons (Fsp3) is 0.417. The number of aryl methyl sites for hydroxylation is 1. The van der Waals surface area contributed by atoms with Crippen LogP contribution in [0.4, 0.5) is 11.6 Å². The second kappa shape index (κ2) is 7.32. The largest absolute Gasteiger partial charge is 0.383 e. The molecular weight excluding hydrogens is 402 g/mol. The van der Waals surface area contributed by atoms with Crippen molar-refractivity contribution in [1.82, 2.24) is 25.1 Å². The van der Waals surface area contributed by atoms with Crippen LogP contribution in [-0.4, -0.2) is 38.7 Å². The summed E-state index contributed by atoms with van der Waals surface area (Å²) < 4.78 is 1.80. The van der Waals surface area contributed by atoms with Crippen LogP contribution in [0, 0.1) is 18.8 Å². The Hall–Kier alpha value is -3.42. The molecule has 2 fully saturated rings. The number of hydrogen-bond donors (Lipinski definition) is 2. The lowest BCUT2D eigenvalue weighted by Crippen LogP contribution is -2.26. The van der Waals surface area contributed by atoms with Gasteiger partial charge in [0.15, 0.2) is 0 Å². The standard InChI is InChI=1S/C24H27N7O/c1-14-6-22(30-10-15-7-16(15)11-30)27-8-17(14)12-31-13-18(9-28-31)24(32)29-21-3-2-20-19(21)4-5-26-23(20)25/h4-6,8-9,13,15-16,21H,2-3,7,10-12H2,1H3,(H2,25,26)(H,29,32)/t15?,16?,21-/m1/s1. The first-order valence-corrected chi connectivity index (χ1v) is 11.3. The molecular formula is C24H27N7O. The van der Waals surface area contributed by atoms with E-state index in [1.807, 2.05) is 12.3 Å². The second-order valence-corrected chi connectivity index (χ2v) is 9.39. The lowest BCUT2D eigenvalue weighted by Gasteiger charge is -2.20. The van der Waals surface area contributed by atoms with Gasteiger partial charge in [-0.2, -0.15) is 5.10 Å². The van der Waals surface area contributed by atoms with Gasteiger partial charge in [0.25, 0.3) is 5.91 Å². The van der Waals surface area contributed by atoms with Crippen LogP contribution in [0.25, 0.3) is 0 Å². The van der Waals surface area contributed by atoms with Crippen molar-refractivity contribution < 1.29 is 4.79 Å². The molecule has 2 unspecified atom stereocenters. The first-order valence-electron chi connectivity index (χ1n) is 11.3. The van der Waals surface area contributed by atoms with Gasteiger partial charge in [0.05, 0.1) is 24.3 Å². The third-order valence-corrected chi connectivity index (χ3v) is 7.22. The van der Waals surface area contributed by atoms with Crippen LogP contribution >= 0.6 is 0 Å². The number of nitrogen functional groups attached to an aromatic ring is 1. The average Bonchev–Trinajstić information content (AvgIpc) is 3.17. The zero-order valence-corrected chi connectivity index (χ0v) is 18.2. The molecule has 1 aliphatic heterocycles. The molecule has 3 atom stereocenters. The molecule has 1 amide bonds. The molecule has 0 spiro atoms. The van der Waals surface area contributed by atoms with E-state index in [9.17, 15) is 4.79 Å². The normalized spacial score (nSPS) is 23.2. The SMILES string of the molecule is Cc1cc(N2CC3CC3C2)ncc1Cn1cc(C(=O)N[C@@H]2CCc3c2ccnc3N)cn1. The molecule has 3 N–H and O–H groups in total. The molecule has 32 heavy (non-hydrogen) atoms. The zero-order valence-electron chi connectivity index (χ0n) is 18.2. The van der Waals surface area contributed by atoms with Crippen molar-refractivity contribution in [3.63, 3.8) is 0 Å². The summed E-state index contributed by atoms with van der Waals surface area (Å²) in [4.78, 5) is 24.1. The van der Waals surface area contributed by atoms with E-state index in [0.717, 1.165) is 60.3 Å². The van der Waals surface area contributed by atoms with Gasteiger partial charge in [-0.3, -0.25) is 9.48 Å². The molecule has 4 heterocycles. The predicted octanol–water partition coefficient (Wildman–Crippen LogP) is 2.49. The molecule has 6 rings (SSSR count). The quantitative estimate of drug-likeness (QED) is 0.646. The predicted molar refractivity (Wildman–Crippen MR) is 121 cm³/mol. The van der Waals surface area contributed by atoms with Gasteiger partial charge >= 0.3 is 0 Å². The minimum Gasteiger partial charge on any atom is -0.383 e. The molecule has 8 nitrogen and oxygen atoms in total. The van der Waals surface area contributed by atoms with Gasteiger partial charge in [0, 0.05) is 31.7 Å². The molecule has 1 saturated heterocycles. The van der Waals surface area contributed by atoms with Crippen molar-refractivity contribution in [3.8, 4) is 0 Å². The van der Waals surface area contributed by atoms with Crippen molar-refractivity contribution in [2.24, 2.45) is 11.8 Å². The molecule has 164 valence electrons. The van der Waals surface area contributed by atoms with E-state index < -0.39 is 0 Å². The first kappa shape index (κ1) is 19.3. The highest BCUT2D eigenvalue weighted by atomic mass is 16.1. The van der Waals surface area contributed by atoms with Crippen LogP contribution in [0.15, 0.2) is 36.9 Å². The number of carbonyl (C=O) groups excluding carboxylic acids is 1. The highest BCUT2D eigenvalue weighted by molar-refractivity contribution is 5.94. The summed E-state index contributed by atoms with van der Waals surface area (Å²) in [7, 11) is 0. The van der Waals surface area contributed by atoms with Crippen molar-refractivity contribution in [2.45, 2.75) is 38.8 Å². The minimum absolute atomic E-state index is 0.0400. The highest BCUT2D eigenvalue weighted by Crippen LogP contribution is 2.46. The summed E-state index contributed by atoms with van der Waals surface area (Å²) in [5.74, 6) is 3.28. The number of hydrogen-bond acceptors (Lipinski definition) is 6. The van der Waals surface area contributed by atoms with Crippen LogP contribution in [0.5, 0.6) is 0 Å². The maximum absolute atomic E-state index is 12.8. The van der Waals surface area contributed by atoms with Crippen LogP contribution in [0.3, 0.4) is 0 Å². The second-order valence-electron chi connectivity index (χ2n) is 9.39. The maximum Gasteiger partial charge on any atom is 0.254 e. The van der Waals surface area contributed by atoms with E-state index >= 15 is 0 Å². The van der Waals surface area contributed by atoms with Gasteiger partial charge in [-0.25, -0.2) is 9.97 Å². The highest BCUT2D eigenvalue weighted by Gasteiger charge is 2.45. The van der Waals surface area contributed by atoms with Crippen LogP contribution in [0.1, 0.15) is 51.5 Å². The zero-order chi connectivity index (χ0) is 21.8. The van der Waals surface area contributed by atoms with E-state index in [1.165, 1.54) is 12.0 Å². The molecule has 1 saturated carbocycles. The smallest absolute Gasteiger partial charge is 0.254 e. The summed E-state index contributed by atoms with van der Waals surface area (Å²) in [5, 5.41) is 7.53. The molecule has 3 aromatic rings. The van der Waals surface area contributed by atoms with Gasteiger partial charge in [0.2, 0.25) is 0 Å². The fourth-order valence-corrected chi connectivity index (χ4v) is 5.19. The molecule has 0 radical (unpaired) electrons. The van der Waals surface area contributed by atoms with E-state index in [1.54, 1.807) is 23.3 Å². The molecule has 3 aromatic heterocycles. The number of anilines is 2. The van der Waals surface area contributed by atoms with E-state index in [-0.39, 0.29) is 11.9 Å². The van der Waals surface area contributed by atoms with E-state index in [4.69, 9.17) is 10.7 Å². The fourth-order valence-electron chi connectivity index (χ4n) is 5.19. The molecule has 0 aromatic carbocycles.